The number of furan rings is 1. The minimum absolute atomic E-state index is 0.681. The van der Waals surface area contributed by atoms with Crippen molar-refractivity contribution in [2.75, 3.05) is 0 Å². The van der Waals surface area contributed by atoms with Gasteiger partial charge < -0.3 is 0 Å². The SMILES string of the molecule is c1ccc(-c2nc(-n3c4ccccc4c4cc5oc6ccccc6c5cc43)n[c]3c2-c2cccc[c]2[Ge]3([c]2ccccc2)[c]2ccccc2)cc1. The average Bonchev–Trinajstić information content (AvgIpc) is 3.83. The fourth-order valence-electron chi connectivity index (χ4n) is 8.57. The Balaban J connectivity index is 1.33. The molecule has 0 atom stereocenters. The molecule has 0 saturated heterocycles. The van der Waals surface area contributed by atoms with Crippen LogP contribution in [0.15, 0.2) is 180 Å². The van der Waals surface area contributed by atoms with Crippen LogP contribution in [0.4, 0.5) is 0 Å². The molecular weight excluding hydrogens is 683 g/mol. The number of para-hydroxylation sites is 2. The van der Waals surface area contributed by atoms with Gasteiger partial charge in [0.1, 0.15) is 0 Å². The first kappa shape index (κ1) is 28.6. The summed E-state index contributed by atoms with van der Waals surface area (Å²) in [4.78, 5) is 11.4. The molecule has 0 N–H and O–H groups in total. The van der Waals surface area contributed by atoms with Gasteiger partial charge in [-0.1, -0.05) is 0 Å². The van der Waals surface area contributed by atoms with E-state index in [-0.39, 0.29) is 0 Å². The molecule has 0 fully saturated rings. The zero-order valence-corrected chi connectivity index (χ0v) is 29.6. The van der Waals surface area contributed by atoms with Crippen LogP contribution in [0.3, 0.4) is 0 Å². The van der Waals surface area contributed by atoms with Crippen molar-refractivity contribution < 1.29 is 4.42 Å². The third kappa shape index (κ3) is 3.96. The summed E-state index contributed by atoms with van der Waals surface area (Å²) in [5.74, 6) is 0.681. The zero-order chi connectivity index (χ0) is 33.5. The summed E-state index contributed by atoms with van der Waals surface area (Å²) >= 11 is -3.70. The van der Waals surface area contributed by atoms with E-state index in [1.54, 1.807) is 0 Å². The van der Waals surface area contributed by atoms with Crippen molar-refractivity contribution in [1.29, 1.82) is 0 Å². The van der Waals surface area contributed by atoms with E-state index in [0.717, 1.165) is 60.6 Å². The summed E-state index contributed by atoms with van der Waals surface area (Å²) in [5, 5.41) is 4.44. The van der Waals surface area contributed by atoms with Crippen molar-refractivity contribution in [3.8, 4) is 28.3 Å². The first-order valence-corrected chi connectivity index (χ1v) is 21.5. The Hall–Kier alpha value is -6.24. The van der Waals surface area contributed by atoms with E-state index >= 15 is 0 Å². The molecule has 1 aliphatic heterocycles. The van der Waals surface area contributed by atoms with Gasteiger partial charge in [0.25, 0.3) is 0 Å². The molecule has 7 aromatic carbocycles. The summed E-state index contributed by atoms with van der Waals surface area (Å²) < 4.78 is 13.9. The Morgan fingerprint density at radius 1 is 0.471 bits per heavy atom. The molecule has 0 unspecified atom stereocenters. The number of fused-ring (bicyclic) bond motifs is 9. The second-order valence-electron chi connectivity index (χ2n) is 13.3. The van der Waals surface area contributed by atoms with Crippen LogP contribution in [0.1, 0.15) is 0 Å². The summed E-state index contributed by atoms with van der Waals surface area (Å²) in [5.41, 5.74) is 8.32. The van der Waals surface area contributed by atoms with E-state index in [0.29, 0.717) is 5.95 Å². The van der Waals surface area contributed by atoms with Crippen molar-refractivity contribution in [2.24, 2.45) is 0 Å². The maximum atomic E-state index is 6.39. The zero-order valence-electron chi connectivity index (χ0n) is 27.5. The van der Waals surface area contributed by atoms with Crippen LogP contribution in [0.25, 0.3) is 72.1 Å². The Bertz CT molecular complexity index is 2930. The predicted molar refractivity (Wildman–Crippen MR) is 212 cm³/mol. The number of hydrogen-bond acceptors (Lipinski definition) is 3. The van der Waals surface area contributed by atoms with E-state index in [2.05, 4.69) is 168 Å². The van der Waals surface area contributed by atoms with E-state index in [9.17, 15) is 0 Å². The number of hydrogen-bond donors (Lipinski definition) is 0. The molecule has 4 heterocycles. The van der Waals surface area contributed by atoms with Gasteiger partial charge in [-0.05, 0) is 0 Å². The third-order valence-corrected chi connectivity index (χ3v) is 20.6. The van der Waals surface area contributed by atoms with Crippen LogP contribution in [0.5, 0.6) is 0 Å². The summed E-state index contributed by atoms with van der Waals surface area (Å²) in [6.45, 7) is 0. The number of rotatable bonds is 4. The topological polar surface area (TPSA) is 43.9 Å². The quantitative estimate of drug-likeness (QED) is 0.172. The molecule has 51 heavy (non-hydrogen) atoms. The molecule has 4 nitrogen and oxygen atoms in total. The Morgan fingerprint density at radius 2 is 1.10 bits per heavy atom. The van der Waals surface area contributed by atoms with E-state index in [4.69, 9.17) is 14.4 Å². The minimum atomic E-state index is -3.70. The average molecular weight is 712 g/mol. The first-order valence-electron chi connectivity index (χ1n) is 17.3. The molecule has 0 radical (unpaired) electrons. The van der Waals surface area contributed by atoms with Gasteiger partial charge in [0, 0.05) is 0 Å². The van der Waals surface area contributed by atoms with Crippen molar-refractivity contribution in [3.05, 3.63) is 176 Å². The van der Waals surface area contributed by atoms with Gasteiger partial charge in [0.05, 0.1) is 0 Å². The van der Waals surface area contributed by atoms with Gasteiger partial charge in [0.15, 0.2) is 0 Å². The maximum absolute atomic E-state index is 6.39. The monoisotopic (exact) mass is 713 g/mol. The standard InChI is InChI=1S/C46H29GeN3O/c1-4-16-30(17-5-1)44-43-35-24-10-13-25-38(35)47(31-18-6-2-7-19-31,32-20-8-3-9-21-32)45(43)49-46(48-44)50-39-26-14-11-22-33(39)36-29-42-37(28-40(36)50)34-23-12-15-27-41(34)51-42/h1-29H. The van der Waals surface area contributed by atoms with E-state index in [1.807, 2.05) is 12.1 Å². The second kappa shape index (κ2) is 10.9. The van der Waals surface area contributed by atoms with Gasteiger partial charge in [-0.15, -0.1) is 0 Å². The summed E-state index contributed by atoms with van der Waals surface area (Å²) in [6.07, 6.45) is 0. The third-order valence-electron chi connectivity index (χ3n) is 10.7. The van der Waals surface area contributed by atoms with Crippen LogP contribution in [0.2, 0.25) is 0 Å². The molecule has 0 saturated carbocycles. The molecule has 1 aliphatic rings. The normalized spacial score (nSPS) is 13.3. The molecule has 0 aliphatic carbocycles. The van der Waals surface area contributed by atoms with Crippen molar-refractivity contribution in [3.63, 3.8) is 0 Å². The van der Waals surface area contributed by atoms with Crippen LogP contribution in [-0.2, 0) is 0 Å². The van der Waals surface area contributed by atoms with Gasteiger partial charge >= 0.3 is 298 Å². The number of benzene rings is 7. The fraction of sp³-hybridized carbons (Fsp3) is 0. The molecule has 10 aromatic rings. The molecule has 0 spiro atoms. The molecule has 11 rings (SSSR count). The first-order chi connectivity index (χ1) is 25.3. The fourth-order valence-corrected chi connectivity index (χ4v) is 19.0. The van der Waals surface area contributed by atoms with Crippen molar-refractivity contribution in [1.82, 2.24) is 14.5 Å². The number of nitrogens with zero attached hydrogens (tertiary/aromatic N) is 3. The summed E-state index contributed by atoms with van der Waals surface area (Å²) in [6, 6.07) is 63.2. The molecule has 238 valence electrons. The Kier molecular flexibility index (Phi) is 6.10. The van der Waals surface area contributed by atoms with Crippen molar-refractivity contribution in [2.45, 2.75) is 0 Å². The van der Waals surface area contributed by atoms with Gasteiger partial charge in [-0.25, -0.2) is 0 Å². The van der Waals surface area contributed by atoms with Crippen LogP contribution in [0, 0.1) is 0 Å². The van der Waals surface area contributed by atoms with E-state index in [1.165, 1.54) is 23.3 Å². The van der Waals surface area contributed by atoms with Gasteiger partial charge in [0.2, 0.25) is 0 Å². The Labute approximate surface area is 296 Å². The molecular formula is C46H29GeN3O. The van der Waals surface area contributed by atoms with E-state index < -0.39 is 13.3 Å². The predicted octanol–water partition coefficient (Wildman–Crippen LogP) is 8.50. The van der Waals surface area contributed by atoms with Crippen LogP contribution >= 0.6 is 0 Å². The molecule has 0 bridgehead atoms. The Morgan fingerprint density at radius 3 is 1.86 bits per heavy atom. The van der Waals surface area contributed by atoms with Crippen LogP contribution < -0.4 is 17.7 Å². The van der Waals surface area contributed by atoms with Crippen molar-refractivity contribution >= 4 is 74.7 Å². The van der Waals surface area contributed by atoms with Crippen LogP contribution in [-0.4, -0.2) is 27.8 Å². The molecule has 5 heteroatoms. The second-order valence-corrected chi connectivity index (χ2v) is 21.0. The van der Waals surface area contributed by atoms with Gasteiger partial charge in [-0.2, -0.15) is 0 Å². The van der Waals surface area contributed by atoms with Gasteiger partial charge in [-0.3, -0.25) is 0 Å². The molecule has 3 aromatic heterocycles. The molecule has 0 amide bonds. The summed E-state index contributed by atoms with van der Waals surface area (Å²) in [7, 11) is 0. The number of aromatic nitrogens is 3.